The molecule has 26 heavy (non-hydrogen) atoms. The number of carbonyl (C=O) groups is 1. The first-order valence-corrected chi connectivity index (χ1v) is 9.07. The van der Waals surface area contributed by atoms with Gasteiger partial charge in [0.2, 0.25) is 0 Å². The lowest BCUT2D eigenvalue weighted by Crippen LogP contribution is -2.52. The van der Waals surface area contributed by atoms with Crippen molar-refractivity contribution in [1.29, 1.82) is 0 Å². The Labute approximate surface area is 158 Å². The molecular formula is C20H23ClN2O3. The molecule has 0 bridgehead atoms. The van der Waals surface area contributed by atoms with Crippen molar-refractivity contribution >= 4 is 17.6 Å². The Morgan fingerprint density at radius 3 is 2.50 bits per heavy atom. The summed E-state index contributed by atoms with van der Waals surface area (Å²) in [4.78, 5) is 16.1. The number of carboxylic acids is 1. The van der Waals surface area contributed by atoms with Gasteiger partial charge >= 0.3 is 5.97 Å². The quantitative estimate of drug-likeness (QED) is 0.840. The number of para-hydroxylation sites is 1. The molecule has 2 aromatic carbocycles. The standard InChI is InChI=1S/C20H23ClN2O3/c1-22-9-11-23(12-10-22)18(20(24)25)14-15-13-16(21)7-8-19(15)26-17-5-3-2-4-6-17/h2-8,13,18H,9-12,14H2,1H3,(H,24,25)/t18-/m1/s1. The number of rotatable bonds is 6. The molecule has 0 unspecified atom stereocenters. The fourth-order valence-electron chi connectivity index (χ4n) is 3.14. The summed E-state index contributed by atoms with van der Waals surface area (Å²) in [5.41, 5.74) is 0.799. The van der Waals surface area contributed by atoms with Crippen LogP contribution in [0.15, 0.2) is 48.5 Å². The summed E-state index contributed by atoms with van der Waals surface area (Å²) < 4.78 is 5.97. The fourth-order valence-corrected chi connectivity index (χ4v) is 3.33. The van der Waals surface area contributed by atoms with Gasteiger partial charge in [0.15, 0.2) is 0 Å². The molecule has 0 spiro atoms. The highest BCUT2D eigenvalue weighted by atomic mass is 35.5. The second kappa shape index (κ2) is 8.54. The van der Waals surface area contributed by atoms with Crippen molar-refractivity contribution in [2.45, 2.75) is 12.5 Å². The van der Waals surface area contributed by atoms with Crippen LogP contribution < -0.4 is 4.74 Å². The Kier molecular flexibility index (Phi) is 6.14. The highest BCUT2D eigenvalue weighted by molar-refractivity contribution is 6.30. The number of hydrogen-bond acceptors (Lipinski definition) is 4. The summed E-state index contributed by atoms with van der Waals surface area (Å²) in [5, 5.41) is 10.3. The monoisotopic (exact) mass is 374 g/mol. The molecule has 0 saturated carbocycles. The smallest absolute Gasteiger partial charge is 0.321 e. The molecule has 0 aromatic heterocycles. The molecule has 6 heteroatoms. The van der Waals surface area contributed by atoms with Gasteiger partial charge in [0.25, 0.3) is 0 Å². The van der Waals surface area contributed by atoms with Gasteiger partial charge in [-0.3, -0.25) is 9.69 Å². The molecule has 1 saturated heterocycles. The summed E-state index contributed by atoms with van der Waals surface area (Å²) in [6, 6.07) is 14.2. The Hall–Kier alpha value is -2.08. The molecule has 1 fully saturated rings. The van der Waals surface area contributed by atoms with Crippen LogP contribution in [0.4, 0.5) is 0 Å². The molecule has 3 rings (SSSR count). The zero-order valence-corrected chi connectivity index (χ0v) is 15.5. The van der Waals surface area contributed by atoms with E-state index in [1.54, 1.807) is 18.2 Å². The average molecular weight is 375 g/mol. The van der Waals surface area contributed by atoms with Crippen LogP contribution in [0.2, 0.25) is 5.02 Å². The van der Waals surface area contributed by atoms with E-state index in [0.717, 1.165) is 31.7 Å². The molecule has 5 nitrogen and oxygen atoms in total. The van der Waals surface area contributed by atoms with E-state index in [9.17, 15) is 9.90 Å². The highest BCUT2D eigenvalue weighted by Gasteiger charge is 2.29. The molecule has 138 valence electrons. The molecule has 1 aliphatic rings. The van der Waals surface area contributed by atoms with Gasteiger partial charge in [-0.2, -0.15) is 0 Å². The summed E-state index contributed by atoms with van der Waals surface area (Å²) in [7, 11) is 2.05. The SMILES string of the molecule is CN1CCN([C@H](Cc2cc(Cl)ccc2Oc2ccccc2)C(=O)O)CC1. The van der Waals surface area contributed by atoms with Crippen LogP contribution in [-0.4, -0.2) is 60.1 Å². The lowest BCUT2D eigenvalue weighted by atomic mass is 10.0. The minimum absolute atomic E-state index is 0.349. The van der Waals surface area contributed by atoms with Crippen molar-refractivity contribution in [1.82, 2.24) is 9.80 Å². The largest absolute Gasteiger partial charge is 0.480 e. The van der Waals surface area contributed by atoms with Gasteiger partial charge in [0.1, 0.15) is 17.5 Å². The number of nitrogens with zero attached hydrogens (tertiary/aromatic N) is 2. The Morgan fingerprint density at radius 1 is 1.15 bits per heavy atom. The van der Waals surface area contributed by atoms with Gasteiger partial charge in [-0.05, 0) is 42.9 Å². The van der Waals surface area contributed by atoms with Gasteiger partial charge < -0.3 is 14.7 Å². The second-order valence-corrected chi connectivity index (χ2v) is 7.00. The minimum atomic E-state index is -0.819. The van der Waals surface area contributed by atoms with Gasteiger partial charge in [-0.25, -0.2) is 0 Å². The van der Waals surface area contributed by atoms with Gasteiger partial charge in [-0.15, -0.1) is 0 Å². The van der Waals surface area contributed by atoms with Crippen LogP contribution in [0.1, 0.15) is 5.56 Å². The molecular weight excluding hydrogens is 352 g/mol. The Balaban J connectivity index is 1.82. The maximum atomic E-state index is 11.9. The summed E-state index contributed by atoms with van der Waals surface area (Å²) in [6.45, 7) is 3.21. The number of carboxylic acid groups (broad SMARTS) is 1. The summed E-state index contributed by atoms with van der Waals surface area (Å²) >= 11 is 6.16. The van der Waals surface area contributed by atoms with E-state index in [0.29, 0.717) is 22.9 Å². The summed E-state index contributed by atoms with van der Waals surface area (Å²) in [5.74, 6) is 0.531. The maximum absolute atomic E-state index is 11.9. The minimum Gasteiger partial charge on any atom is -0.480 e. The molecule has 1 N–H and O–H groups in total. The van der Waals surface area contributed by atoms with Crippen molar-refractivity contribution in [3.8, 4) is 11.5 Å². The summed E-state index contributed by atoms with van der Waals surface area (Å²) in [6.07, 6.45) is 0.349. The van der Waals surface area contributed by atoms with E-state index in [-0.39, 0.29) is 0 Å². The van der Waals surface area contributed by atoms with Crippen LogP contribution in [0, 0.1) is 0 Å². The highest BCUT2D eigenvalue weighted by Crippen LogP contribution is 2.29. The molecule has 1 heterocycles. The van der Waals surface area contributed by atoms with Crippen LogP contribution in [0.3, 0.4) is 0 Å². The fraction of sp³-hybridized carbons (Fsp3) is 0.350. The molecule has 2 aromatic rings. The first kappa shape index (κ1) is 18.7. The van der Waals surface area contributed by atoms with E-state index in [4.69, 9.17) is 16.3 Å². The van der Waals surface area contributed by atoms with Gasteiger partial charge in [0.05, 0.1) is 0 Å². The number of benzene rings is 2. The van der Waals surface area contributed by atoms with E-state index in [2.05, 4.69) is 11.9 Å². The third-order valence-corrected chi connectivity index (χ3v) is 4.91. The topological polar surface area (TPSA) is 53.0 Å². The van der Waals surface area contributed by atoms with E-state index < -0.39 is 12.0 Å². The van der Waals surface area contributed by atoms with Crippen LogP contribution in [0.5, 0.6) is 11.5 Å². The van der Waals surface area contributed by atoms with Crippen LogP contribution >= 0.6 is 11.6 Å². The molecule has 1 atom stereocenters. The number of piperazine rings is 1. The number of likely N-dealkylation sites (N-methyl/N-ethyl adjacent to an activating group) is 1. The van der Waals surface area contributed by atoms with Crippen molar-refractivity contribution in [2.24, 2.45) is 0 Å². The first-order valence-electron chi connectivity index (χ1n) is 8.69. The average Bonchev–Trinajstić information content (AvgIpc) is 2.63. The zero-order chi connectivity index (χ0) is 18.5. The normalized spacial score (nSPS) is 17.0. The second-order valence-electron chi connectivity index (χ2n) is 6.56. The van der Waals surface area contributed by atoms with E-state index in [1.165, 1.54) is 0 Å². The van der Waals surface area contributed by atoms with Crippen molar-refractivity contribution in [3.63, 3.8) is 0 Å². The zero-order valence-electron chi connectivity index (χ0n) is 14.8. The van der Waals surface area contributed by atoms with Crippen LogP contribution in [0.25, 0.3) is 0 Å². The van der Waals surface area contributed by atoms with Crippen molar-refractivity contribution in [2.75, 3.05) is 33.2 Å². The maximum Gasteiger partial charge on any atom is 0.321 e. The predicted molar refractivity (Wildman–Crippen MR) is 102 cm³/mol. The molecule has 0 radical (unpaired) electrons. The first-order chi connectivity index (χ1) is 12.5. The molecule has 0 amide bonds. The number of ether oxygens (including phenoxy) is 1. The lowest BCUT2D eigenvalue weighted by molar-refractivity contribution is -0.144. The molecule has 0 aliphatic carbocycles. The van der Waals surface area contributed by atoms with Crippen molar-refractivity contribution < 1.29 is 14.6 Å². The molecule has 1 aliphatic heterocycles. The van der Waals surface area contributed by atoms with Gasteiger partial charge in [-0.1, -0.05) is 29.8 Å². The Bertz CT molecular complexity index is 746. The third-order valence-electron chi connectivity index (χ3n) is 4.67. The number of halogens is 1. The number of hydrogen-bond donors (Lipinski definition) is 1. The van der Waals surface area contributed by atoms with E-state index in [1.807, 2.05) is 35.2 Å². The lowest BCUT2D eigenvalue weighted by Gasteiger charge is -2.36. The van der Waals surface area contributed by atoms with E-state index >= 15 is 0 Å². The van der Waals surface area contributed by atoms with Gasteiger partial charge in [0, 0.05) is 37.6 Å². The number of aliphatic carboxylic acids is 1. The Morgan fingerprint density at radius 2 is 1.85 bits per heavy atom. The van der Waals surface area contributed by atoms with Crippen molar-refractivity contribution in [3.05, 3.63) is 59.1 Å². The predicted octanol–water partition coefficient (Wildman–Crippen LogP) is 3.38. The third kappa shape index (κ3) is 4.75. The van der Waals surface area contributed by atoms with Crippen LogP contribution in [-0.2, 0) is 11.2 Å².